The van der Waals surface area contributed by atoms with Crippen LogP contribution in [0.15, 0.2) is 16.6 Å². The molecule has 2 N–H and O–H groups in total. The van der Waals surface area contributed by atoms with Gasteiger partial charge >= 0.3 is 5.97 Å². The lowest BCUT2D eigenvalue weighted by Gasteiger charge is -2.03. The van der Waals surface area contributed by atoms with Crippen molar-refractivity contribution in [2.75, 3.05) is 0 Å². The highest BCUT2D eigenvalue weighted by atomic mass is 32.2. The fraction of sp³-hybridized carbons (Fsp3) is 0.300. The van der Waals surface area contributed by atoms with Gasteiger partial charge in [0.15, 0.2) is 0 Å². The summed E-state index contributed by atoms with van der Waals surface area (Å²) in [7, 11) is -2.07. The van der Waals surface area contributed by atoms with Crippen LogP contribution >= 0.6 is 11.3 Å². The first-order valence-corrected chi connectivity index (χ1v) is 7.77. The molecule has 0 bridgehead atoms. The molecule has 0 fully saturated rings. The molecule has 2 heterocycles. The average Bonchev–Trinajstić information content (AvgIpc) is 2.93. The summed E-state index contributed by atoms with van der Waals surface area (Å²) in [4.78, 5) is 10.9. The molecule has 2 aromatic heterocycles. The molecule has 20 heavy (non-hydrogen) atoms. The zero-order chi connectivity index (χ0) is 14.9. The number of carboxylic acids is 1. The van der Waals surface area contributed by atoms with Crippen molar-refractivity contribution in [1.82, 2.24) is 19.5 Å². The van der Waals surface area contributed by atoms with Crippen LogP contribution < -0.4 is 4.72 Å². The highest BCUT2D eigenvalue weighted by molar-refractivity contribution is 7.91. The molecule has 10 heteroatoms. The standard InChI is InChI=1S/C10H12N4O4S2/c1-6-3-8(19-9(6)10(15)16)20(17,18)12-4-7-13-11-5-14(7)2/h3,5,12H,4H2,1-2H3,(H,15,16). The third-order valence-corrected chi connectivity index (χ3v) is 5.68. The van der Waals surface area contributed by atoms with Gasteiger partial charge in [0.2, 0.25) is 10.0 Å². The fourth-order valence-electron chi connectivity index (χ4n) is 1.50. The van der Waals surface area contributed by atoms with Gasteiger partial charge in [0.1, 0.15) is 21.2 Å². The van der Waals surface area contributed by atoms with Gasteiger partial charge in [-0.1, -0.05) is 0 Å². The minimum Gasteiger partial charge on any atom is -0.477 e. The van der Waals surface area contributed by atoms with Crippen LogP contribution in [0.25, 0.3) is 0 Å². The summed E-state index contributed by atoms with van der Waals surface area (Å²) >= 11 is 0.723. The van der Waals surface area contributed by atoms with E-state index in [-0.39, 0.29) is 15.6 Å². The van der Waals surface area contributed by atoms with E-state index in [4.69, 9.17) is 5.11 Å². The van der Waals surface area contributed by atoms with Crippen molar-refractivity contribution >= 4 is 27.3 Å². The molecule has 0 aliphatic carbocycles. The Balaban J connectivity index is 2.20. The second-order valence-corrected chi connectivity index (χ2v) is 7.11. The summed E-state index contributed by atoms with van der Waals surface area (Å²) in [6.07, 6.45) is 1.46. The molecule has 0 aliphatic heterocycles. The van der Waals surface area contributed by atoms with Crippen LogP contribution in [0, 0.1) is 6.92 Å². The molecular formula is C10H12N4O4S2. The van der Waals surface area contributed by atoms with E-state index in [2.05, 4.69) is 14.9 Å². The largest absolute Gasteiger partial charge is 0.477 e. The number of nitrogens with zero attached hydrogens (tertiary/aromatic N) is 3. The van der Waals surface area contributed by atoms with Gasteiger partial charge in [-0.25, -0.2) is 17.9 Å². The van der Waals surface area contributed by atoms with E-state index in [9.17, 15) is 13.2 Å². The molecule has 2 rings (SSSR count). The number of aromatic nitrogens is 3. The second kappa shape index (κ2) is 5.31. The van der Waals surface area contributed by atoms with Crippen LogP contribution in [0.5, 0.6) is 0 Å². The Morgan fingerprint density at radius 2 is 2.25 bits per heavy atom. The van der Waals surface area contributed by atoms with E-state index in [1.165, 1.54) is 12.4 Å². The monoisotopic (exact) mass is 316 g/mol. The molecule has 108 valence electrons. The number of hydrogen-bond acceptors (Lipinski definition) is 6. The van der Waals surface area contributed by atoms with Gasteiger partial charge in [-0.2, -0.15) is 0 Å². The second-order valence-electron chi connectivity index (χ2n) is 4.07. The molecule has 0 aliphatic rings. The molecule has 0 saturated carbocycles. The van der Waals surface area contributed by atoms with Gasteiger partial charge in [-0.15, -0.1) is 21.5 Å². The maximum Gasteiger partial charge on any atom is 0.346 e. The third-order valence-electron chi connectivity index (χ3n) is 2.58. The van der Waals surface area contributed by atoms with E-state index in [1.807, 2.05) is 0 Å². The zero-order valence-electron chi connectivity index (χ0n) is 10.7. The predicted molar refractivity (Wildman–Crippen MR) is 71.0 cm³/mol. The number of aromatic carboxylic acids is 1. The summed E-state index contributed by atoms with van der Waals surface area (Å²) < 4.78 is 28.1. The van der Waals surface area contributed by atoms with Crippen LogP contribution in [0.1, 0.15) is 21.1 Å². The first kappa shape index (κ1) is 14.6. The van der Waals surface area contributed by atoms with Crippen LogP contribution in [-0.2, 0) is 23.6 Å². The Labute approximate surface area is 119 Å². The third kappa shape index (κ3) is 2.86. The van der Waals surface area contributed by atoms with E-state index in [0.29, 0.717) is 11.4 Å². The molecule has 0 amide bonds. The van der Waals surface area contributed by atoms with Gasteiger partial charge in [-0.3, -0.25) is 0 Å². The minimum atomic E-state index is -3.76. The highest BCUT2D eigenvalue weighted by Crippen LogP contribution is 2.25. The van der Waals surface area contributed by atoms with Crippen LogP contribution in [0.2, 0.25) is 0 Å². The number of nitrogens with one attached hydrogen (secondary N) is 1. The van der Waals surface area contributed by atoms with E-state index < -0.39 is 16.0 Å². The molecule has 8 nitrogen and oxygen atoms in total. The van der Waals surface area contributed by atoms with Crippen molar-refractivity contribution in [3.8, 4) is 0 Å². The lowest BCUT2D eigenvalue weighted by Crippen LogP contribution is -2.24. The SMILES string of the molecule is Cc1cc(S(=O)(=O)NCc2nncn2C)sc1C(=O)O. The van der Waals surface area contributed by atoms with Crippen molar-refractivity contribution in [3.05, 3.63) is 28.7 Å². The zero-order valence-corrected chi connectivity index (χ0v) is 12.3. The first-order chi connectivity index (χ1) is 9.31. The number of rotatable bonds is 5. The predicted octanol–water partition coefficient (Wildman–Crippen LogP) is 0.362. The minimum absolute atomic E-state index is 0.0157. The number of aryl methyl sites for hydroxylation is 2. The molecular weight excluding hydrogens is 304 g/mol. The van der Waals surface area contributed by atoms with Crippen LogP contribution in [0.4, 0.5) is 0 Å². The molecule has 0 aromatic carbocycles. The van der Waals surface area contributed by atoms with Gasteiger partial charge in [0.25, 0.3) is 0 Å². The Morgan fingerprint density at radius 3 is 2.75 bits per heavy atom. The molecule has 0 saturated heterocycles. The fourth-order valence-corrected chi connectivity index (χ4v) is 3.90. The van der Waals surface area contributed by atoms with E-state index in [1.54, 1.807) is 18.5 Å². The van der Waals surface area contributed by atoms with Crippen molar-refractivity contribution < 1.29 is 18.3 Å². The molecule has 0 radical (unpaired) electrons. The molecule has 0 unspecified atom stereocenters. The number of hydrogen-bond donors (Lipinski definition) is 2. The van der Waals surface area contributed by atoms with E-state index >= 15 is 0 Å². The maximum atomic E-state index is 12.1. The summed E-state index contributed by atoms with van der Waals surface area (Å²) in [6, 6.07) is 1.34. The number of carbonyl (C=O) groups is 1. The molecule has 2 aromatic rings. The summed E-state index contributed by atoms with van der Waals surface area (Å²) in [5.41, 5.74) is 0.418. The first-order valence-electron chi connectivity index (χ1n) is 5.47. The van der Waals surface area contributed by atoms with Gasteiger partial charge < -0.3 is 9.67 Å². The Bertz CT molecular complexity index is 747. The highest BCUT2D eigenvalue weighted by Gasteiger charge is 2.21. The van der Waals surface area contributed by atoms with Crippen molar-refractivity contribution in [3.63, 3.8) is 0 Å². The van der Waals surface area contributed by atoms with Gasteiger partial charge in [0.05, 0.1) is 6.54 Å². The lowest BCUT2D eigenvalue weighted by atomic mass is 10.3. The summed E-state index contributed by atoms with van der Waals surface area (Å²) in [5.74, 6) is -0.678. The quantitative estimate of drug-likeness (QED) is 0.823. The Morgan fingerprint density at radius 1 is 1.55 bits per heavy atom. The Kier molecular flexibility index (Phi) is 3.88. The molecule has 0 atom stereocenters. The van der Waals surface area contributed by atoms with Gasteiger partial charge in [0, 0.05) is 7.05 Å². The Hall–Kier alpha value is -1.78. The van der Waals surface area contributed by atoms with E-state index in [0.717, 1.165) is 11.3 Å². The maximum absolute atomic E-state index is 12.1. The van der Waals surface area contributed by atoms with Crippen molar-refractivity contribution in [2.45, 2.75) is 17.7 Å². The summed E-state index contributed by atoms with van der Waals surface area (Å²) in [6.45, 7) is 1.54. The van der Waals surface area contributed by atoms with Crippen LogP contribution in [0.3, 0.4) is 0 Å². The average molecular weight is 316 g/mol. The number of carboxylic acid groups (broad SMARTS) is 1. The van der Waals surface area contributed by atoms with Crippen molar-refractivity contribution in [2.24, 2.45) is 7.05 Å². The molecule has 0 spiro atoms. The number of thiophene rings is 1. The smallest absolute Gasteiger partial charge is 0.346 e. The van der Waals surface area contributed by atoms with Gasteiger partial charge in [-0.05, 0) is 18.6 Å². The number of sulfonamides is 1. The normalized spacial score (nSPS) is 11.7. The van der Waals surface area contributed by atoms with Crippen molar-refractivity contribution in [1.29, 1.82) is 0 Å². The topological polar surface area (TPSA) is 114 Å². The summed E-state index contributed by atoms with van der Waals surface area (Å²) in [5, 5.41) is 16.3. The van der Waals surface area contributed by atoms with Crippen LogP contribution in [-0.4, -0.2) is 34.3 Å². The lowest BCUT2D eigenvalue weighted by molar-refractivity contribution is 0.0701.